The summed E-state index contributed by atoms with van der Waals surface area (Å²) in [5, 5.41) is 0.245. The van der Waals surface area contributed by atoms with E-state index in [9.17, 15) is 8.42 Å². The van der Waals surface area contributed by atoms with E-state index < -0.39 is 10.0 Å². The van der Waals surface area contributed by atoms with Gasteiger partial charge in [0.1, 0.15) is 10.0 Å². The molecule has 0 saturated heterocycles. The van der Waals surface area contributed by atoms with Crippen LogP contribution in [0.15, 0.2) is 17.2 Å². The average Bonchev–Trinajstić information content (AvgIpc) is 2.41. The number of pyridine rings is 1. The molecule has 1 aromatic heterocycles. The summed E-state index contributed by atoms with van der Waals surface area (Å²) in [6, 6.07) is 1.32. The maximum absolute atomic E-state index is 12.1. The van der Waals surface area contributed by atoms with E-state index in [0.717, 1.165) is 12.8 Å². The minimum Gasteiger partial charge on any atom is -0.242 e. The maximum atomic E-state index is 12.1. The third-order valence-corrected chi connectivity index (χ3v) is 5.44. The zero-order valence-electron chi connectivity index (χ0n) is 10.4. The highest BCUT2D eigenvalue weighted by molar-refractivity contribution is 7.89. The van der Waals surface area contributed by atoms with Crippen molar-refractivity contribution in [3.05, 3.63) is 22.4 Å². The van der Waals surface area contributed by atoms with Gasteiger partial charge < -0.3 is 0 Å². The van der Waals surface area contributed by atoms with Crippen LogP contribution in [0.4, 0.5) is 0 Å². The molecule has 1 aliphatic carbocycles. The Bertz CT molecular complexity index is 543. The van der Waals surface area contributed by atoms with Crippen LogP contribution < -0.4 is 4.72 Å². The van der Waals surface area contributed by atoms with Crippen molar-refractivity contribution in [1.82, 2.24) is 9.71 Å². The molecule has 0 bridgehead atoms. The lowest BCUT2D eigenvalue weighted by Crippen LogP contribution is -2.30. The normalized spacial score (nSPS) is 17.6. The second-order valence-electron chi connectivity index (χ2n) is 4.80. The quantitative estimate of drug-likeness (QED) is 0.865. The zero-order chi connectivity index (χ0) is 13.9. The first-order chi connectivity index (χ1) is 8.99. The number of aromatic nitrogens is 1. The van der Waals surface area contributed by atoms with Crippen LogP contribution in [0.5, 0.6) is 0 Å². The highest BCUT2D eigenvalue weighted by Crippen LogP contribution is 2.24. The second kappa shape index (κ2) is 6.39. The molecular formula is C12H16Cl2N2O2S. The molecule has 0 aromatic carbocycles. The molecule has 0 unspecified atom stereocenters. The van der Waals surface area contributed by atoms with Gasteiger partial charge in [0.15, 0.2) is 0 Å². The molecule has 4 nitrogen and oxygen atoms in total. The van der Waals surface area contributed by atoms with E-state index in [0.29, 0.717) is 12.5 Å². The maximum Gasteiger partial charge on any atom is 0.242 e. The highest BCUT2D eigenvalue weighted by atomic mass is 35.5. The Morgan fingerprint density at radius 2 is 1.95 bits per heavy atom. The molecule has 0 atom stereocenters. The Balaban J connectivity index is 2.02. The SMILES string of the molecule is O=S(=O)(NCC1CCCCC1)c1cnc(Cl)c(Cl)c1. The van der Waals surface area contributed by atoms with Gasteiger partial charge in [-0.2, -0.15) is 0 Å². The monoisotopic (exact) mass is 322 g/mol. The van der Waals surface area contributed by atoms with Crippen LogP contribution in [0.25, 0.3) is 0 Å². The summed E-state index contributed by atoms with van der Waals surface area (Å²) < 4.78 is 26.8. The van der Waals surface area contributed by atoms with E-state index in [-0.39, 0.29) is 15.1 Å². The second-order valence-corrected chi connectivity index (χ2v) is 7.33. The third kappa shape index (κ3) is 4.05. The van der Waals surface area contributed by atoms with Crippen molar-refractivity contribution in [2.75, 3.05) is 6.54 Å². The molecule has 1 aliphatic rings. The number of sulfonamides is 1. The van der Waals surface area contributed by atoms with Crippen LogP contribution in [-0.2, 0) is 10.0 Å². The highest BCUT2D eigenvalue weighted by Gasteiger charge is 2.19. The van der Waals surface area contributed by atoms with Gasteiger partial charge >= 0.3 is 0 Å². The standard InChI is InChI=1S/C12H16Cl2N2O2S/c13-11-6-10(8-15-12(11)14)19(17,18)16-7-9-4-2-1-3-5-9/h6,8-9,16H,1-5,7H2. The van der Waals surface area contributed by atoms with Gasteiger partial charge in [0.2, 0.25) is 10.0 Å². The molecule has 0 radical (unpaired) electrons. The number of hydrogen-bond acceptors (Lipinski definition) is 3. The Morgan fingerprint density at radius 3 is 2.58 bits per heavy atom. The van der Waals surface area contributed by atoms with E-state index in [1.165, 1.54) is 31.5 Å². The van der Waals surface area contributed by atoms with Crippen molar-refractivity contribution >= 4 is 33.2 Å². The minimum atomic E-state index is -3.55. The number of nitrogens with one attached hydrogen (secondary N) is 1. The van der Waals surface area contributed by atoms with Crippen LogP contribution >= 0.6 is 23.2 Å². The van der Waals surface area contributed by atoms with Gasteiger partial charge in [0.25, 0.3) is 0 Å². The summed E-state index contributed by atoms with van der Waals surface area (Å²) >= 11 is 11.5. The summed E-state index contributed by atoms with van der Waals surface area (Å²) in [6.45, 7) is 0.475. The molecule has 106 valence electrons. The average molecular weight is 323 g/mol. The molecular weight excluding hydrogens is 307 g/mol. The van der Waals surface area contributed by atoms with E-state index in [1.807, 2.05) is 0 Å². The van der Waals surface area contributed by atoms with Crippen LogP contribution in [0.3, 0.4) is 0 Å². The van der Waals surface area contributed by atoms with Gasteiger partial charge in [-0.25, -0.2) is 18.1 Å². The van der Waals surface area contributed by atoms with Gasteiger partial charge in [0, 0.05) is 12.7 Å². The van der Waals surface area contributed by atoms with Gasteiger partial charge in [-0.1, -0.05) is 42.5 Å². The van der Waals surface area contributed by atoms with E-state index in [1.54, 1.807) is 0 Å². The predicted octanol–water partition coefficient (Wildman–Crippen LogP) is 3.25. The number of rotatable bonds is 4. The van der Waals surface area contributed by atoms with Crippen LogP contribution in [-0.4, -0.2) is 19.9 Å². The van der Waals surface area contributed by atoms with E-state index >= 15 is 0 Å². The first kappa shape index (κ1) is 15.0. The molecule has 19 heavy (non-hydrogen) atoms. The lowest BCUT2D eigenvalue weighted by atomic mass is 9.90. The topological polar surface area (TPSA) is 59.1 Å². The van der Waals surface area contributed by atoms with Crippen LogP contribution in [0, 0.1) is 5.92 Å². The Hall–Kier alpha value is -0.360. The summed E-state index contributed by atoms with van der Waals surface area (Å²) in [6.07, 6.45) is 7.00. The fraction of sp³-hybridized carbons (Fsp3) is 0.583. The van der Waals surface area contributed by atoms with E-state index in [2.05, 4.69) is 9.71 Å². The first-order valence-electron chi connectivity index (χ1n) is 6.30. The predicted molar refractivity (Wildman–Crippen MR) is 76.0 cm³/mol. The summed E-state index contributed by atoms with van der Waals surface area (Å²) in [7, 11) is -3.55. The summed E-state index contributed by atoms with van der Waals surface area (Å²) in [5.41, 5.74) is 0. The Morgan fingerprint density at radius 1 is 1.26 bits per heavy atom. The largest absolute Gasteiger partial charge is 0.242 e. The van der Waals surface area contributed by atoms with Crippen LogP contribution in [0.2, 0.25) is 10.2 Å². The number of hydrogen-bond donors (Lipinski definition) is 1. The molecule has 1 fully saturated rings. The summed E-state index contributed by atoms with van der Waals surface area (Å²) in [5.74, 6) is 0.430. The van der Waals surface area contributed by atoms with Crippen molar-refractivity contribution in [2.24, 2.45) is 5.92 Å². The van der Waals surface area contributed by atoms with Crippen molar-refractivity contribution in [2.45, 2.75) is 37.0 Å². The van der Waals surface area contributed by atoms with Gasteiger partial charge in [-0.05, 0) is 24.8 Å². The van der Waals surface area contributed by atoms with Crippen molar-refractivity contribution in [3.63, 3.8) is 0 Å². The fourth-order valence-corrected chi connectivity index (χ4v) is 3.67. The zero-order valence-corrected chi connectivity index (χ0v) is 12.7. The molecule has 1 N–H and O–H groups in total. The lowest BCUT2D eigenvalue weighted by molar-refractivity contribution is 0.357. The number of nitrogens with zero attached hydrogens (tertiary/aromatic N) is 1. The van der Waals surface area contributed by atoms with Crippen LogP contribution in [0.1, 0.15) is 32.1 Å². The summed E-state index contributed by atoms with van der Waals surface area (Å²) in [4.78, 5) is 3.81. The van der Waals surface area contributed by atoms with Gasteiger partial charge in [-0.3, -0.25) is 0 Å². The molecule has 2 rings (SSSR count). The fourth-order valence-electron chi connectivity index (χ4n) is 2.25. The van der Waals surface area contributed by atoms with E-state index in [4.69, 9.17) is 23.2 Å². The molecule has 0 amide bonds. The molecule has 1 saturated carbocycles. The molecule has 7 heteroatoms. The smallest absolute Gasteiger partial charge is 0.242 e. The number of halogens is 2. The van der Waals surface area contributed by atoms with Gasteiger partial charge in [0.05, 0.1) is 5.02 Å². The molecule has 1 heterocycles. The third-order valence-electron chi connectivity index (χ3n) is 3.37. The van der Waals surface area contributed by atoms with Crippen molar-refractivity contribution in [3.8, 4) is 0 Å². The molecule has 0 aliphatic heterocycles. The first-order valence-corrected chi connectivity index (χ1v) is 8.53. The lowest BCUT2D eigenvalue weighted by Gasteiger charge is -2.21. The Labute approximate surface area is 123 Å². The van der Waals surface area contributed by atoms with Crippen molar-refractivity contribution < 1.29 is 8.42 Å². The van der Waals surface area contributed by atoms with Gasteiger partial charge in [-0.15, -0.1) is 0 Å². The Kier molecular flexibility index (Phi) is 5.06. The minimum absolute atomic E-state index is 0.0534. The van der Waals surface area contributed by atoms with Crippen molar-refractivity contribution in [1.29, 1.82) is 0 Å². The molecule has 1 aromatic rings. The molecule has 0 spiro atoms.